The topological polar surface area (TPSA) is 51.4 Å². The molecule has 0 spiro atoms. The lowest BCUT2D eigenvalue weighted by molar-refractivity contribution is -0.137. The maximum atomic E-state index is 13.1. The van der Waals surface area contributed by atoms with E-state index in [9.17, 15) is 18.0 Å². The van der Waals surface area contributed by atoms with E-state index in [-0.39, 0.29) is 5.91 Å². The molecule has 1 aliphatic rings. The number of H-pyrrole nitrogens is 1. The third kappa shape index (κ3) is 8.49. The summed E-state index contributed by atoms with van der Waals surface area (Å²) >= 11 is 0. The number of fused-ring (bicyclic) bond motifs is 1. The Morgan fingerprint density at radius 1 is 0.949 bits per heavy atom. The lowest BCUT2D eigenvalue weighted by atomic mass is 10.1. The summed E-state index contributed by atoms with van der Waals surface area (Å²) in [6.07, 6.45) is 7.45. The predicted octanol–water partition coefficient (Wildman–Crippen LogP) is 7.63. The molecule has 3 aromatic rings. The Morgan fingerprint density at radius 2 is 1.69 bits per heavy atom. The fourth-order valence-corrected chi connectivity index (χ4v) is 5.32. The number of hydrogen-bond donors (Lipinski definition) is 2. The second kappa shape index (κ2) is 13.9. The normalized spacial score (nSPS) is 14.7. The highest BCUT2D eigenvalue weighted by atomic mass is 19.4. The molecule has 1 aliphatic heterocycles. The van der Waals surface area contributed by atoms with Crippen LogP contribution < -0.4 is 10.2 Å². The second-order valence-electron chi connectivity index (χ2n) is 10.6. The molecule has 2 aromatic carbocycles. The SMILES string of the molecule is CCCCCCCCCC(=O)Nc1ccc2[nH]cc(CCN3CCN(c4cccc(C(F)(F)F)c4)CC3)c2c1. The largest absolute Gasteiger partial charge is 0.416 e. The minimum absolute atomic E-state index is 0.0682. The molecule has 1 amide bonds. The smallest absolute Gasteiger partial charge is 0.369 e. The molecule has 4 rings (SSSR count). The van der Waals surface area contributed by atoms with E-state index in [2.05, 4.69) is 28.2 Å². The van der Waals surface area contributed by atoms with Crippen LogP contribution in [0.5, 0.6) is 0 Å². The number of rotatable bonds is 13. The number of aromatic nitrogens is 1. The van der Waals surface area contributed by atoms with E-state index in [0.717, 1.165) is 61.6 Å². The van der Waals surface area contributed by atoms with E-state index in [1.54, 1.807) is 6.07 Å². The van der Waals surface area contributed by atoms with Crippen molar-refractivity contribution < 1.29 is 18.0 Å². The molecule has 1 aromatic heterocycles. The molecule has 8 heteroatoms. The number of aromatic amines is 1. The number of alkyl halides is 3. The van der Waals surface area contributed by atoms with Crippen molar-refractivity contribution in [2.75, 3.05) is 42.9 Å². The zero-order valence-corrected chi connectivity index (χ0v) is 23.0. The molecule has 212 valence electrons. The van der Waals surface area contributed by atoms with Crippen LogP contribution in [0.3, 0.4) is 0 Å². The summed E-state index contributed by atoms with van der Waals surface area (Å²) in [5, 5.41) is 4.18. The highest BCUT2D eigenvalue weighted by molar-refractivity contribution is 5.94. The summed E-state index contributed by atoms with van der Waals surface area (Å²) in [4.78, 5) is 20.2. The Morgan fingerprint density at radius 3 is 2.44 bits per heavy atom. The molecule has 2 N–H and O–H groups in total. The van der Waals surface area contributed by atoms with Gasteiger partial charge in [0.05, 0.1) is 5.56 Å². The van der Waals surface area contributed by atoms with Gasteiger partial charge in [-0.3, -0.25) is 9.69 Å². The molecule has 0 radical (unpaired) electrons. The first-order chi connectivity index (χ1) is 18.8. The standard InChI is InChI=1S/C31H41F3N4O/c1-2-3-4-5-6-7-8-12-30(39)36-26-13-14-29-28(22-26)24(23-35-29)15-16-37-17-19-38(20-18-37)27-11-9-10-25(21-27)31(32,33)34/h9-11,13-14,21-23,35H,2-8,12,15-20H2,1H3,(H,36,39). The molecular weight excluding hydrogens is 501 g/mol. The lowest BCUT2D eigenvalue weighted by Gasteiger charge is -2.36. The van der Waals surface area contributed by atoms with Gasteiger partial charge in [-0.2, -0.15) is 13.2 Å². The Balaban J connectivity index is 1.24. The van der Waals surface area contributed by atoms with Crippen molar-refractivity contribution in [2.24, 2.45) is 0 Å². The van der Waals surface area contributed by atoms with Crippen molar-refractivity contribution in [3.63, 3.8) is 0 Å². The summed E-state index contributed by atoms with van der Waals surface area (Å²) in [6.45, 7) is 6.10. The van der Waals surface area contributed by atoms with E-state index >= 15 is 0 Å². The third-order valence-corrected chi connectivity index (χ3v) is 7.67. The zero-order valence-electron chi connectivity index (χ0n) is 23.0. The van der Waals surface area contributed by atoms with Crippen LogP contribution in [0.25, 0.3) is 10.9 Å². The Kier molecular flexibility index (Phi) is 10.3. The van der Waals surface area contributed by atoms with Crippen molar-refractivity contribution in [3.8, 4) is 0 Å². The first kappa shape index (κ1) is 29.0. The first-order valence-electron chi connectivity index (χ1n) is 14.4. The van der Waals surface area contributed by atoms with Gasteiger partial charge in [-0.05, 0) is 54.8 Å². The Bertz CT molecular complexity index is 1200. The van der Waals surface area contributed by atoms with Crippen molar-refractivity contribution in [1.29, 1.82) is 0 Å². The maximum Gasteiger partial charge on any atom is 0.416 e. The summed E-state index contributed by atoms with van der Waals surface area (Å²) in [5.74, 6) is 0.0682. The molecule has 39 heavy (non-hydrogen) atoms. The number of carbonyl (C=O) groups excluding carboxylic acids is 1. The summed E-state index contributed by atoms with van der Waals surface area (Å²) in [5.41, 5.74) is 3.10. The van der Waals surface area contributed by atoms with Gasteiger partial charge in [0, 0.05) is 67.6 Å². The number of benzene rings is 2. The third-order valence-electron chi connectivity index (χ3n) is 7.67. The van der Waals surface area contributed by atoms with Gasteiger partial charge in [-0.1, -0.05) is 51.5 Å². The van der Waals surface area contributed by atoms with E-state index in [0.29, 0.717) is 25.2 Å². The zero-order chi connectivity index (χ0) is 27.7. The molecule has 1 saturated heterocycles. The monoisotopic (exact) mass is 542 g/mol. The van der Waals surface area contributed by atoms with Gasteiger partial charge in [0.15, 0.2) is 0 Å². The van der Waals surface area contributed by atoms with Crippen LogP contribution >= 0.6 is 0 Å². The average molecular weight is 543 g/mol. The van der Waals surface area contributed by atoms with E-state index in [1.807, 2.05) is 23.2 Å². The fourth-order valence-electron chi connectivity index (χ4n) is 5.32. The van der Waals surface area contributed by atoms with Crippen LogP contribution in [0.4, 0.5) is 24.5 Å². The van der Waals surface area contributed by atoms with Gasteiger partial charge in [0.2, 0.25) is 5.91 Å². The predicted molar refractivity (Wildman–Crippen MR) is 153 cm³/mol. The quantitative estimate of drug-likeness (QED) is 0.218. The van der Waals surface area contributed by atoms with Crippen molar-refractivity contribution in [1.82, 2.24) is 9.88 Å². The number of halogens is 3. The van der Waals surface area contributed by atoms with Crippen molar-refractivity contribution in [3.05, 3.63) is 59.8 Å². The summed E-state index contributed by atoms with van der Waals surface area (Å²) < 4.78 is 39.3. The highest BCUT2D eigenvalue weighted by Gasteiger charge is 2.31. The minimum Gasteiger partial charge on any atom is -0.369 e. The molecule has 0 unspecified atom stereocenters. The van der Waals surface area contributed by atoms with Gasteiger partial charge >= 0.3 is 6.18 Å². The van der Waals surface area contributed by atoms with E-state index < -0.39 is 11.7 Å². The number of hydrogen-bond acceptors (Lipinski definition) is 3. The maximum absolute atomic E-state index is 13.1. The molecular formula is C31H41F3N4O. The van der Waals surface area contributed by atoms with E-state index in [4.69, 9.17) is 0 Å². The van der Waals surface area contributed by atoms with Gasteiger partial charge < -0.3 is 15.2 Å². The van der Waals surface area contributed by atoms with Crippen LogP contribution in [0.2, 0.25) is 0 Å². The van der Waals surface area contributed by atoms with Crippen LogP contribution in [0, 0.1) is 0 Å². The van der Waals surface area contributed by atoms with Gasteiger partial charge in [-0.15, -0.1) is 0 Å². The van der Waals surface area contributed by atoms with Gasteiger partial charge in [0.25, 0.3) is 0 Å². The van der Waals surface area contributed by atoms with Crippen LogP contribution in [0.15, 0.2) is 48.7 Å². The summed E-state index contributed by atoms with van der Waals surface area (Å²) in [6, 6.07) is 11.6. The number of nitrogens with one attached hydrogen (secondary N) is 2. The minimum atomic E-state index is -4.33. The first-order valence-corrected chi connectivity index (χ1v) is 14.4. The molecule has 0 atom stereocenters. The molecule has 1 fully saturated rings. The van der Waals surface area contributed by atoms with Crippen LogP contribution in [-0.4, -0.2) is 48.5 Å². The number of amides is 1. The average Bonchev–Trinajstić information content (AvgIpc) is 3.33. The molecule has 0 aliphatic carbocycles. The molecule has 0 saturated carbocycles. The Labute approximate surface area is 229 Å². The molecule has 0 bridgehead atoms. The lowest BCUT2D eigenvalue weighted by Crippen LogP contribution is -2.47. The summed E-state index contributed by atoms with van der Waals surface area (Å²) in [7, 11) is 0. The van der Waals surface area contributed by atoms with Gasteiger partial charge in [0.1, 0.15) is 0 Å². The Hall–Kier alpha value is -3.00. The number of unbranched alkanes of at least 4 members (excludes halogenated alkanes) is 6. The van der Waals surface area contributed by atoms with Crippen molar-refractivity contribution in [2.45, 2.75) is 70.9 Å². The van der Waals surface area contributed by atoms with Crippen LogP contribution in [0.1, 0.15) is 69.4 Å². The second-order valence-corrected chi connectivity index (χ2v) is 10.6. The number of nitrogens with zero attached hydrogens (tertiary/aromatic N) is 2. The van der Waals surface area contributed by atoms with Crippen LogP contribution in [-0.2, 0) is 17.4 Å². The highest BCUT2D eigenvalue weighted by Crippen LogP contribution is 2.32. The molecule has 2 heterocycles. The van der Waals surface area contributed by atoms with Gasteiger partial charge in [-0.25, -0.2) is 0 Å². The molecule has 5 nitrogen and oxygen atoms in total. The van der Waals surface area contributed by atoms with Crippen molar-refractivity contribution >= 4 is 28.2 Å². The fraction of sp³-hybridized carbons (Fsp3) is 0.516. The number of carbonyl (C=O) groups is 1. The van der Waals surface area contributed by atoms with E-state index in [1.165, 1.54) is 49.8 Å². The number of piperazine rings is 1. The number of anilines is 2.